The topological polar surface area (TPSA) is 57.7 Å². The SMILES string of the molecule is O=C(c1ccc(-c2ccccc2)cc1)[C@H]1CCCN(C(=O)CCN2CCCCC2=O)C1. The van der Waals surface area contributed by atoms with Gasteiger partial charge in [0.2, 0.25) is 11.8 Å². The summed E-state index contributed by atoms with van der Waals surface area (Å²) in [5, 5.41) is 0. The van der Waals surface area contributed by atoms with Crippen molar-refractivity contribution >= 4 is 17.6 Å². The number of benzene rings is 2. The third kappa shape index (κ3) is 5.22. The molecule has 0 spiro atoms. The number of amides is 2. The minimum Gasteiger partial charge on any atom is -0.342 e. The molecule has 2 aliphatic heterocycles. The molecule has 0 saturated carbocycles. The predicted molar refractivity (Wildman–Crippen MR) is 121 cm³/mol. The van der Waals surface area contributed by atoms with E-state index in [0.717, 1.165) is 43.4 Å². The van der Waals surface area contributed by atoms with Gasteiger partial charge in [0.1, 0.15) is 0 Å². The van der Waals surface area contributed by atoms with Gasteiger partial charge < -0.3 is 9.80 Å². The largest absolute Gasteiger partial charge is 0.342 e. The third-order valence-electron chi connectivity index (χ3n) is 6.44. The molecule has 2 fully saturated rings. The average molecular weight is 419 g/mol. The molecule has 0 N–H and O–H groups in total. The van der Waals surface area contributed by atoms with Gasteiger partial charge in [-0.15, -0.1) is 0 Å². The molecule has 5 heteroatoms. The first kappa shape index (κ1) is 21.3. The smallest absolute Gasteiger partial charge is 0.224 e. The zero-order chi connectivity index (χ0) is 21.6. The zero-order valence-electron chi connectivity index (χ0n) is 18.0. The van der Waals surface area contributed by atoms with Crippen molar-refractivity contribution in [2.75, 3.05) is 26.2 Å². The van der Waals surface area contributed by atoms with Gasteiger partial charge in [0.25, 0.3) is 0 Å². The second-order valence-corrected chi connectivity index (χ2v) is 8.57. The van der Waals surface area contributed by atoms with Crippen LogP contribution in [0.2, 0.25) is 0 Å². The summed E-state index contributed by atoms with van der Waals surface area (Å²) in [6, 6.07) is 17.9. The van der Waals surface area contributed by atoms with E-state index < -0.39 is 0 Å². The van der Waals surface area contributed by atoms with Gasteiger partial charge >= 0.3 is 0 Å². The Morgan fingerprint density at radius 1 is 0.871 bits per heavy atom. The first-order valence-corrected chi connectivity index (χ1v) is 11.4. The summed E-state index contributed by atoms with van der Waals surface area (Å²) in [4.78, 5) is 41.4. The zero-order valence-corrected chi connectivity index (χ0v) is 18.0. The van der Waals surface area contributed by atoms with Crippen molar-refractivity contribution in [2.45, 2.75) is 38.5 Å². The summed E-state index contributed by atoms with van der Waals surface area (Å²) in [5.41, 5.74) is 2.92. The first-order valence-electron chi connectivity index (χ1n) is 11.4. The molecule has 2 aromatic rings. The van der Waals surface area contributed by atoms with Crippen LogP contribution in [0, 0.1) is 5.92 Å². The number of hydrogen-bond donors (Lipinski definition) is 0. The number of rotatable bonds is 6. The fourth-order valence-corrected chi connectivity index (χ4v) is 4.60. The van der Waals surface area contributed by atoms with Crippen molar-refractivity contribution in [1.29, 1.82) is 0 Å². The molecule has 2 aliphatic rings. The third-order valence-corrected chi connectivity index (χ3v) is 6.44. The summed E-state index contributed by atoms with van der Waals surface area (Å²) in [6.45, 7) is 2.43. The van der Waals surface area contributed by atoms with E-state index in [2.05, 4.69) is 12.1 Å². The Morgan fingerprint density at radius 3 is 2.35 bits per heavy atom. The number of nitrogens with zero attached hydrogens (tertiary/aromatic N) is 2. The van der Waals surface area contributed by atoms with E-state index in [0.29, 0.717) is 38.0 Å². The van der Waals surface area contributed by atoms with Gasteiger partial charge in [0, 0.05) is 50.5 Å². The Hall–Kier alpha value is -2.95. The number of carbonyl (C=O) groups excluding carboxylic acids is 3. The van der Waals surface area contributed by atoms with E-state index in [-0.39, 0.29) is 23.5 Å². The quantitative estimate of drug-likeness (QED) is 0.662. The van der Waals surface area contributed by atoms with Gasteiger partial charge in [-0.1, -0.05) is 54.6 Å². The average Bonchev–Trinajstić information content (AvgIpc) is 2.83. The van der Waals surface area contributed by atoms with Crippen molar-refractivity contribution in [3.63, 3.8) is 0 Å². The van der Waals surface area contributed by atoms with Gasteiger partial charge in [-0.2, -0.15) is 0 Å². The highest BCUT2D eigenvalue weighted by atomic mass is 16.2. The Balaban J connectivity index is 1.33. The normalized spacial score (nSPS) is 19.4. The molecule has 5 nitrogen and oxygen atoms in total. The molecule has 2 amide bonds. The van der Waals surface area contributed by atoms with Crippen LogP contribution in [-0.2, 0) is 9.59 Å². The molecule has 1 atom stereocenters. The van der Waals surface area contributed by atoms with Gasteiger partial charge in [-0.3, -0.25) is 14.4 Å². The molecule has 4 rings (SSSR count). The fraction of sp³-hybridized carbons (Fsp3) is 0.423. The van der Waals surface area contributed by atoms with E-state index in [1.165, 1.54) is 0 Å². The minimum atomic E-state index is -0.156. The Morgan fingerprint density at radius 2 is 1.61 bits per heavy atom. The highest BCUT2D eigenvalue weighted by Crippen LogP contribution is 2.24. The highest BCUT2D eigenvalue weighted by molar-refractivity contribution is 5.98. The number of likely N-dealkylation sites (tertiary alicyclic amines) is 2. The Bertz CT molecular complexity index is 923. The van der Waals surface area contributed by atoms with Gasteiger partial charge in [0.05, 0.1) is 0 Å². The number of carbonyl (C=O) groups is 3. The lowest BCUT2D eigenvalue weighted by atomic mass is 9.89. The van der Waals surface area contributed by atoms with Gasteiger partial charge in [-0.05, 0) is 36.8 Å². The van der Waals surface area contributed by atoms with Gasteiger partial charge in [-0.25, -0.2) is 0 Å². The second kappa shape index (κ2) is 9.90. The van der Waals surface area contributed by atoms with Crippen molar-refractivity contribution in [3.05, 3.63) is 60.2 Å². The molecular formula is C26H30N2O3. The van der Waals surface area contributed by atoms with Crippen LogP contribution in [0.15, 0.2) is 54.6 Å². The maximum atomic E-state index is 13.1. The lowest BCUT2D eigenvalue weighted by Crippen LogP contribution is -2.44. The van der Waals surface area contributed by atoms with Gasteiger partial charge in [0.15, 0.2) is 5.78 Å². The summed E-state index contributed by atoms with van der Waals surface area (Å²) in [5.74, 6) is 0.167. The predicted octanol–water partition coefficient (Wildman–Crippen LogP) is 4.18. The van der Waals surface area contributed by atoms with Crippen molar-refractivity contribution in [1.82, 2.24) is 9.80 Å². The summed E-state index contributed by atoms with van der Waals surface area (Å²) in [6.07, 6.45) is 4.56. The van der Waals surface area contributed by atoms with E-state index in [1.807, 2.05) is 52.3 Å². The van der Waals surface area contributed by atoms with E-state index in [1.54, 1.807) is 0 Å². The molecule has 0 unspecified atom stereocenters. The summed E-state index contributed by atoms with van der Waals surface area (Å²) >= 11 is 0. The maximum Gasteiger partial charge on any atom is 0.224 e. The number of hydrogen-bond acceptors (Lipinski definition) is 3. The molecule has 162 valence electrons. The van der Waals surface area contributed by atoms with Crippen LogP contribution in [0.25, 0.3) is 11.1 Å². The molecule has 2 heterocycles. The molecule has 31 heavy (non-hydrogen) atoms. The first-order chi connectivity index (χ1) is 15.1. The Kier molecular flexibility index (Phi) is 6.80. The van der Waals surface area contributed by atoms with Crippen molar-refractivity contribution < 1.29 is 14.4 Å². The van der Waals surface area contributed by atoms with E-state index in [4.69, 9.17) is 0 Å². The lowest BCUT2D eigenvalue weighted by molar-refractivity contribution is -0.136. The lowest BCUT2D eigenvalue weighted by Gasteiger charge is -2.33. The molecule has 0 aliphatic carbocycles. The van der Waals surface area contributed by atoms with E-state index in [9.17, 15) is 14.4 Å². The van der Waals surface area contributed by atoms with Crippen LogP contribution in [0.5, 0.6) is 0 Å². The minimum absolute atomic E-state index is 0.0512. The van der Waals surface area contributed by atoms with Crippen LogP contribution < -0.4 is 0 Å². The molecule has 0 radical (unpaired) electrons. The molecule has 2 saturated heterocycles. The van der Waals surface area contributed by atoms with Crippen molar-refractivity contribution in [3.8, 4) is 11.1 Å². The highest BCUT2D eigenvalue weighted by Gasteiger charge is 2.29. The van der Waals surface area contributed by atoms with Crippen LogP contribution in [-0.4, -0.2) is 53.6 Å². The van der Waals surface area contributed by atoms with Crippen LogP contribution in [0.3, 0.4) is 0 Å². The standard InChI is InChI=1S/C26H30N2O3/c29-24-10-4-5-16-27(24)18-15-25(30)28-17-6-9-23(19-28)26(31)22-13-11-21(12-14-22)20-7-2-1-3-8-20/h1-3,7-8,11-14,23H,4-6,9-10,15-19H2/t23-/m0/s1. The van der Waals surface area contributed by atoms with Crippen LogP contribution >= 0.6 is 0 Å². The molecule has 0 bridgehead atoms. The van der Waals surface area contributed by atoms with Crippen LogP contribution in [0.4, 0.5) is 0 Å². The van der Waals surface area contributed by atoms with Crippen LogP contribution in [0.1, 0.15) is 48.9 Å². The second-order valence-electron chi connectivity index (χ2n) is 8.57. The monoisotopic (exact) mass is 418 g/mol. The summed E-state index contributed by atoms with van der Waals surface area (Å²) in [7, 11) is 0. The van der Waals surface area contributed by atoms with Crippen molar-refractivity contribution in [2.24, 2.45) is 5.92 Å². The number of ketones is 1. The fourth-order valence-electron chi connectivity index (χ4n) is 4.60. The molecule has 2 aromatic carbocycles. The number of piperidine rings is 2. The maximum absolute atomic E-state index is 13.1. The molecule has 0 aromatic heterocycles. The van der Waals surface area contributed by atoms with E-state index >= 15 is 0 Å². The Labute approximate surface area is 184 Å². The number of Topliss-reactive ketones (excluding diaryl/α,β-unsaturated/α-hetero) is 1. The summed E-state index contributed by atoms with van der Waals surface area (Å²) < 4.78 is 0. The molecular weight excluding hydrogens is 388 g/mol.